The lowest BCUT2D eigenvalue weighted by molar-refractivity contribution is -0.858. The molecule has 0 saturated carbocycles. The van der Waals surface area contributed by atoms with E-state index in [2.05, 4.69) is 6.92 Å². The highest BCUT2D eigenvalue weighted by Gasteiger charge is 2.44. The Balaban J connectivity index is 1.97. The van der Waals surface area contributed by atoms with E-state index in [0.717, 1.165) is 36.2 Å². The van der Waals surface area contributed by atoms with Gasteiger partial charge in [-0.05, 0) is 48.1 Å². The molecule has 32 heavy (non-hydrogen) atoms. The minimum absolute atomic E-state index is 0.0531. The molecular weight excluding hydrogens is 424 g/mol. The summed E-state index contributed by atoms with van der Waals surface area (Å²) in [6.45, 7) is 5.87. The summed E-state index contributed by atoms with van der Waals surface area (Å²) in [7, 11) is 4.10. The summed E-state index contributed by atoms with van der Waals surface area (Å²) in [6.07, 6.45) is 2.76. The molecule has 172 valence electrons. The molecule has 1 unspecified atom stereocenters. The van der Waals surface area contributed by atoms with Crippen LogP contribution < -0.4 is 14.7 Å². The molecule has 1 N–H and O–H groups in total. The molecule has 1 fully saturated rings. The fourth-order valence-electron chi connectivity index (χ4n) is 3.91. The lowest BCUT2D eigenvalue weighted by Crippen LogP contribution is -3.05. The first kappa shape index (κ1) is 24.0. The van der Waals surface area contributed by atoms with Crippen LogP contribution in [-0.2, 0) is 9.59 Å². The largest absolute Gasteiger partial charge is 0.872 e. The first-order valence-electron chi connectivity index (χ1n) is 11.2. The first-order chi connectivity index (χ1) is 15.3. The van der Waals surface area contributed by atoms with Gasteiger partial charge in [-0.1, -0.05) is 31.2 Å². The van der Waals surface area contributed by atoms with E-state index in [1.165, 1.54) is 16.2 Å². The molecule has 6 nitrogen and oxygen atoms in total. The second kappa shape index (κ2) is 10.8. The highest BCUT2D eigenvalue weighted by molar-refractivity contribution is 7.10. The SMILES string of the molecule is CCCCOc1ccc(/C([O-])=C2\C(=O)C(=O)N(CCC[NH+](C)C)C2c2cccs2)c(C)c1. The number of quaternary nitrogens is 1. The third kappa shape index (κ3) is 5.22. The molecule has 3 rings (SSSR count). The van der Waals surface area contributed by atoms with Crippen molar-refractivity contribution in [1.82, 2.24) is 4.90 Å². The molecule has 7 heteroatoms. The number of rotatable bonds is 10. The number of Topliss-reactive ketones (excluding diaryl/α,β-unsaturated/α-hetero) is 1. The van der Waals surface area contributed by atoms with E-state index in [4.69, 9.17) is 4.74 Å². The van der Waals surface area contributed by atoms with Gasteiger partial charge in [-0.2, -0.15) is 0 Å². The lowest BCUT2D eigenvalue weighted by atomic mass is 9.97. The summed E-state index contributed by atoms with van der Waals surface area (Å²) >= 11 is 1.46. The molecule has 1 atom stereocenters. The standard InChI is InChI=1S/C25H32N2O4S/c1-5-6-14-31-18-10-11-19(17(2)16-18)23(28)21-22(20-9-7-15-32-20)27(25(30)24(21)29)13-8-12-26(3)4/h7,9-11,15-16,22,28H,5-6,8,12-14H2,1-4H3/b23-21+. The molecule has 1 aliphatic rings. The number of hydrogen-bond donors (Lipinski definition) is 1. The van der Waals surface area contributed by atoms with E-state index in [1.807, 2.05) is 44.6 Å². The van der Waals surface area contributed by atoms with E-state index in [9.17, 15) is 14.7 Å². The molecule has 1 saturated heterocycles. The second-order valence-electron chi connectivity index (χ2n) is 8.48. The topological polar surface area (TPSA) is 74.1 Å². The number of carbonyl (C=O) groups is 2. The molecule has 0 bridgehead atoms. The number of ketones is 1. The fraction of sp³-hybridized carbons (Fsp3) is 0.440. The molecule has 0 spiro atoms. The number of likely N-dealkylation sites (tertiary alicyclic amines) is 1. The number of aryl methyl sites for hydroxylation is 1. The maximum atomic E-state index is 13.6. The van der Waals surface area contributed by atoms with E-state index in [0.29, 0.717) is 24.5 Å². The molecule has 0 aliphatic carbocycles. The van der Waals surface area contributed by atoms with Gasteiger partial charge in [-0.15, -0.1) is 11.3 Å². The van der Waals surface area contributed by atoms with E-state index in [1.54, 1.807) is 17.0 Å². The average molecular weight is 457 g/mol. The highest BCUT2D eigenvalue weighted by Crippen LogP contribution is 2.41. The van der Waals surface area contributed by atoms with Crippen molar-refractivity contribution in [2.45, 2.75) is 39.2 Å². The van der Waals surface area contributed by atoms with Crippen molar-refractivity contribution in [3.8, 4) is 5.75 Å². The van der Waals surface area contributed by atoms with Gasteiger partial charge < -0.3 is 19.6 Å². The summed E-state index contributed by atoms with van der Waals surface area (Å²) < 4.78 is 5.74. The Labute approximate surface area is 194 Å². The van der Waals surface area contributed by atoms with E-state index in [-0.39, 0.29) is 11.3 Å². The molecule has 0 radical (unpaired) electrons. The van der Waals surface area contributed by atoms with Crippen molar-refractivity contribution in [2.75, 3.05) is 33.8 Å². The van der Waals surface area contributed by atoms with Crippen LogP contribution >= 0.6 is 11.3 Å². The maximum Gasteiger partial charge on any atom is 0.295 e. The fourth-order valence-corrected chi connectivity index (χ4v) is 4.75. The van der Waals surface area contributed by atoms with Crippen LogP contribution in [0, 0.1) is 6.92 Å². The van der Waals surface area contributed by atoms with Crippen molar-refractivity contribution in [3.05, 3.63) is 57.3 Å². The number of benzene rings is 1. The number of amides is 1. The number of carbonyl (C=O) groups excluding carboxylic acids is 2. The van der Waals surface area contributed by atoms with E-state index < -0.39 is 17.7 Å². The minimum atomic E-state index is -0.687. The number of hydrogen-bond acceptors (Lipinski definition) is 5. The number of thiophene rings is 1. The van der Waals surface area contributed by atoms with Crippen LogP contribution in [0.2, 0.25) is 0 Å². The van der Waals surface area contributed by atoms with Crippen molar-refractivity contribution in [1.29, 1.82) is 0 Å². The predicted molar refractivity (Wildman–Crippen MR) is 125 cm³/mol. The Morgan fingerprint density at radius 2 is 2.00 bits per heavy atom. The first-order valence-corrected chi connectivity index (χ1v) is 12.1. The monoisotopic (exact) mass is 456 g/mol. The smallest absolute Gasteiger partial charge is 0.295 e. The van der Waals surface area contributed by atoms with Gasteiger partial charge in [-0.25, -0.2) is 0 Å². The van der Waals surface area contributed by atoms with Crippen molar-refractivity contribution in [3.63, 3.8) is 0 Å². The Bertz CT molecular complexity index is 982. The number of ether oxygens (including phenoxy) is 1. The van der Waals surface area contributed by atoms with Crippen LogP contribution in [-0.4, -0.2) is 50.4 Å². The third-order valence-electron chi connectivity index (χ3n) is 5.63. The quantitative estimate of drug-likeness (QED) is 0.257. The van der Waals surface area contributed by atoms with Crippen LogP contribution in [0.3, 0.4) is 0 Å². The highest BCUT2D eigenvalue weighted by atomic mass is 32.1. The van der Waals surface area contributed by atoms with Gasteiger partial charge in [0.2, 0.25) is 5.78 Å². The van der Waals surface area contributed by atoms with Crippen LogP contribution in [0.15, 0.2) is 41.3 Å². The molecule has 2 heterocycles. The van der Waals surface area contributed by atoms with Crippen molar-refractivity contribution >= 4 is 28.8 Å². The minimum Gasteiger partial charge on any atom is -0.872 e. The summed E-state index contributed by atoms with van der Waals surface area (Å²) in [5.41, 5.74) is 1.22. The van der Waals surface area contributed by atoms with Gasteiger partial charge >= 0.3 is 0 Å². The third-order valence-corrected chi connectivity index (χ3v) is 6.55. The number of nitrogens with one attached hydrogen (secondary N) is 1. The zero-order chi connectivity index (χ0) is 23.3. The molecular formula is C25H32N2O4S. The zero-order valence-corrected chi connectivity index (χ0v) is 20.1. The maximum absolute atomic E-state index is 13.6. The average Bonchev–Trinajstić information content (AvgIpc) is 3.36. The summed E-state index contributed by atoms with van der Waals surface area (Å²) in [5.74, 6) is -0.944. The van der Waals surface area contributed by atoms with Gasteiger partial charge in [0.05, 0.1) is 33.3 Å². The Morgan fingerprint density at radius 3 is 2.62 bits per heavy atom. The normalized spacial score (nSPS) is 18.0. The number of nitrogens with zero attached hydrogens (tertiary/aromatic N) is 1. The van der Waals surface area contributed by atoms with Gasteiger partial charge in [0.1, 0.15) is 5.75 Å². The summed E-state index contributed by atoms with van der Waals surface area (Å²) in [5, 5.41) is 15.5. The molecule has 1 amide bonds. The summed E-state index contributed by atoms with van der Waals surface area (Å²) in [6, 6.07) is 8.42. The molecule has 1 aromatic carbocycles. The predicted octanol–water partition coefficient (Wildman–Crippen LogP) is 1.99. The molecule has 1 aromatic heterocycles. The van der Waals surface area contributed by atoms with Crippen LogP contribution in [0.25, 0.3) is 5.76 Å². The van der Waals surface area contributed by atoms with Crippen LogP contribution in [0.5, 0.6) is 5.75 Å². The Kier molecular flexibility index (Phi) is 8.10. The van der Waals surface area contributed by atoms with Crippen LogP contribution in [0.4, 0.5) is 0 Å². The second-order valence-corrected chi connectivity index (χ2v) is 9.46. The van der Waals surface area contributed by atoms with Gasteiger partial charge in [0.15, 0.2) is 0 Å². The van der Waals surface area contributed by atoms with E-state index >= 15 is 0 Å². The Morgan fingerprint density at radius 1 is 1.22 bits per heavy atom. The molecule has 2 aromatic rings. The summed E-state index contributed by atoms with van der Waals surface area (Å²) in [4.78, 5) is 29.6. The van der Waals surface area contributed by atoms with Crippen molar-refractivity contribution < 1.29 is 24.3 Å². The Hall–Kier alpha value is -2.64. The lowest BCUT2D eigenvalue weighted by Gasteiger charge is -2.27. The zero-order valence-electron chi connectivity index (χ0n) is 19.3. The van der Waals surface area contributed by atoms with Gasteiger partial charge in [-0.3, -0.25) is 9.59 Å². The van der Waals surface area contributed by atoms with Crippen molar-refractivity contribution in [2.24, 2.45) is 0 Å². The van der Waals surface area contributed by atoms with Crippen LogP contribution in [0.1, 0.15) is 48.2 Å². The van der Waals surface area contributed by atoms with Gasteiger partial charge in [0.25, 0.3) is 5.91 Å². The van der Waals surface area contributed by atoms with Gasteiger partial charge in [0, 0.05) is 23.4 Å². The molecule has 1 aliphatic heterocycles. The number of unbranched alkanes of at least 4 members (excludes halogenated alkanes) is 1.